The summed E-state index contributed by atoms with van der Waals surface area (Å²) in [5.41, 5.74) is 0. The monoisotopic (exact) mass is 714 g/mol. The Labute approximate surface area is 280 Å². The van der Waals surface area contributed by atoms with E-state index in [-0.39, 0.29) is 40.1 Å². The minimum atomic E-state index is 0. The van der Waals surface area contributed by atoms with Crippen molar-refractivity contribution in [2.45, 2.75) is 155 Å². The summed E-state index contributed by atoms with van der Waals surface area (Å²) in [6.07, 6.45) is 28.9. The first-order valence-electron chi connectivity index (χ1n) is 17.5. The van der Waals surface area contributed by atoms with Gasteiger partial charge in [-0.1, -0.05) is 129 Å². The van der Waals surface area contributed by atoms with Crippen LogP contribution in [-0.4, -0.2) is 89.8 Å². The van der Waals surface area contributed by atoms with Crippen molar-refractivity contribution in [1.29, 1.82) is 0 Å². The zero-order valence-electron chi connectivity index (χ0n) is 29.1. The average molecular weight is 717 g/mol. The molecule has 0 aromatic carbocycles. The van der Waals surface area contributed by atoms with E-state index in [2.05, 4.69) is 49.1 Å². The van der Waals surface area contributed by atoms with Gasteiger partial charge in [-0.15, -0.1) is 0 Å². The van der Waals surface area contributed by atoms with Gasteiger partial charge in [0.1, 0.15) is 12.6 Å². The molecule has 1 atom stereocenters. The second-order valence-corrected chi connectivity index (χ2v) is 14.1. The van der Waals surface area contributed by atoms with Crippen LogP contribution in [-0.2, 0) is 9.47 Å². The maximum absolute atomic E-state index is 6.45. The van der Waals surface area contributed by atoms with E-state index in [9.17, 15) is 0 Å². The van der Waals surface area contributed by atoms with Gasteiger partial charge in [0, 0.05) is 19.6 Å². The Morgan fingerprint density at radius 3 is 1.27 bits per heavy atom. The van der Waals surface area contributed by atoms with Crippen molar-refractivity contribution in [3.8, 4) is 0 Å². The van der Waals surface area contributed by atoms with Gasteiger partial charge in [0.25, 0.3) is 0 Å². The predicted molar refractivity (Wildman–Crippen MR) is 174 cm³/mol. The van der Waals surface area contributed by atoms with Crippen molar-refractivity contribution in [2.24, 2.45) is 0 Å². The smallest absolute Gasteiger partial charge is 0.130 e. The molecular weight excluding hydrogens is 640 g/mol. The second kappa shape index (κ2) is 32.2. The fraction of sp³-hybridized carbons (Fsp3) is 1.00. The topological polar surface area (TPSA) is 18.5 Å². The molecule has 0 rings (SSSR count). The highest BCUT2D eigenvalue weighted by Gasteiger charge is 2.24. The van der Waals surface area contributed by atoms with Crippen LogP contribution in [0, 0.1) is 0 Å². The van der Waals surface area contributed by atoms with E-state index in [4.69, 9.17) is 9.47 Å². The highest BCUT2D eigenvalue weighted by atomic mass is 79.9. The number of quaternary nitrogens is 2. The molecule has 0 spiro atoms. The van der Waals surface area contributed by atoms with E-state index in [1.807, 2.05) is 0 Å². The average Bonchev–Trinajstić information content (AvgIpc) is 2.86. The summed E-state index contributed by atoms with van der Waals surface area (Å²) in [6, 6.07) is 0. The van der Waals surface area contributed by atoms with E-state index in [0.717, 1.165) is 35.3 Å². The maximum Gasteiger partial charge on any atom is 0.130 e. The fourth-order valence-corrected chi connectivity index (χ4v) is 5.51. The minimum Gasteiger partial charge on any atom is -1.00 e. The third-order valence-corrected chi connectivity index (χ3v) is 8.09. The number of rotatable bonds is 31. The largest absolute Gasteiger partial charge is 1.00 e. The Morgan fingerprint density at radius 2 is 0.854 bits per heavy atom. The molecule has 0 aliphatic carbocycles. The summed E-state index contributed by atoms with van der Waals surface area (Å²) < 4.78 is 14.7. The summed E-state index contributed by atoms with van der Waals surface area (Å²) in [6.45, 7) is 10.6. The summed E-state index contributed by atoms with van der Waals surface area (Å²) >= 11 is 0. The quantitative estimate of drug-likeness (QED) is 0.0810. The van der Waals surface area contributed by atoms with Gasteiger partial charge in [-0.05, 0) is 12.8 Å². The number of hydrogen-bond acceptors (Lipinski definition) is 2. The van der Waals surface area contributed by atoms with Crippen LogP contribution in [0.2, 0.25) is 0 Å². The Kier molecular flexibility index (Phi) is 36.3. The standard InChI is InChI=1S/C35H76N2O2.2BrH/c1-8-10-12-14-16-18-20-22-24-26-31-38-34-35(33-37(6,7)30-28-29-36(3,4)5)39-32-27-25-23-21-19-17-15-13-11-9-2;;/h35H,8-34H2,1-7H3;2*1H/q+2;;/p-2. The predicted octanol–water partition coefficient (Wildman–Crippen LogP) is 3.41. The van der Waals surface area contributed by atoms with Crippen molar-refractivity contribution >= 4 is 0 Å². The van der Waals surface area contributed by atoms with Crippen LogP contribution in [0.3, 0.4) is 0 Å². The van der Waals surface area contributed by atoms with E-state index >= 15 is 0 Å². The molecule has 0 fully saturated rings. The SMILES string of the molecule is CCCCCCCCCCCCOCC(C[N+](C)(C)CCC[N+](C)(C)C)OCCCCCCCCCCCC.[Br-].[Br-]. The number of likely N-dealkylation sites (N-methyl/N-ethyl adjacent to an activating group) is 1. The van der Waals surface area contributed by atoms with Crippen LogP contribution in [0.1, 0.15) is 149 Å². The molecule has 252 valence electrons. The van der Waals surface area contributed by atoms with Gasteiger partial charge in [-0.3, -0.25) is 0 Å². The first-order valence-corrected chi connectivity index (χ1v) is 17.5. The lowest BCUT2D eigenvalue weighted by Crippen LogP contribution is -3.00. The molecule has 41 heavy (non-hydrogen) atoms. The Balaban J connectivity index is -0.00000722. The molecular formula is C35H76Br2N2O2. The van der Waals surface area contributed by atoms with Gasteiger partial charge in [0.15, 0.2) is 0 Å². The van der Waals surface area contributed by atoms with Gasteiger partial charge in [0.2, 0.25) is 0 Å². The highest BCUT2D eigenvalue weighted by molar-refractivity contribution is 4.58. The molecule has 0 saturated heterocycles. The van der Waals surface area contributed by atoms with Gasteiger partial charge >= 0.3 is 0 Å². The van der Waals surface area contributed by atoms with Crippen LogP contribution in [0.15, 0.2) is 0 Å². The van der Waals surface area contributed by atoms with Crippen molar-refractivity contribution < 1.29 is 52.4 Å². The first-order chi connectivity index (χ1) is 18.7. The summed E-state index contributed by atoms with van der Waals surface area (Å²) in [4.78, 5) is 0. The van der Waals surface area contributed by atoms with E-state index in [0.29, 0.717) is 0 Å². The molecule has 0 N–H and O–H groups in total. The van der Waals surface area contributed by atoms with Crippen LogP contribution < -0.4 is 34.0 Å². The van der Waals surface area contributed by atoms with E-state index in [1.165, 1.54) is 148 Å². The lowest BCUT2D eigenvalue weighted by atomic mass is 10.1. The molecule has 1 unspecified atom stereocenters. The van der Waals surface area contributed by atoms with Crippen molar-refractivity contribution in [1.82, 2.24) is 0 Å². The first kappa shape index (κ1) is 46.2. The normalized spacial score (nSPS) is 12.7. The molecule has 0 aromatic rings. The van der Waals surface area contributed by atoms with Crippen molar-refractivity contribution in [2.75, 3.05) is 74.7 Å². The molecule has 0 aliphatic rings. The maximum atomic E-state index is 6.45. The Morgan fingerprint density at radius 1 is 0.463 bits per heavy atom. The van der Waals surface area contributed by atoms with Gasteiger partial charge in [-0.2, -0.15) is 0 Å². The van der Waals surface area contributed by atoms with Crippen LogP contribution in [0.5, 0.6) is 0 Å². The number of ether oxygens (including phenoxy) is 2. The molecule has 0 radical (unpaired) electrons. The summed E-state index contributed by atoms with van der Waals surface area (Å²) in [5, 5.41) is 0. The molecule has 0 bridgehead atoms. The summed E-state index contributed by atoms with van der Waals surface area (Å²) in [5.74, 6) is 0. The van der Waals surface area contributed by atoms with Crippen LogP contribution in [0.4, 0.5) is 0 Å². The molecule has 6 heteroatoms. The molecule has 0 aromatic heterocycles. The van der Waals surface area contributed by atoms with Crippen LogP contribution >= 0.6 is 0 Å². The zero-order chi connectivity index (χ0) is 29.1. The molecule has 0 saturated carbocycles. The molecule has 0 heterocycles. The van der Waals surface area contributed by atoms with Crippen LogP contribution in [0.25, 0.3) is 0 Å². The Bertz CT molecular complexity index is 501. The lowest BCUT2D eigenvalue weighted by Gasteiger charge is -2.34. The molecule has 0 aliphatic heterocycles. The van der Waals surface area contributed by atoms with Gasteiger partial charge in [-0.25, -0.2) is 0 Å². The molecule has 0 amide bonds. The van der Waals surface area contributed by atoms with Crippen molar-refractivity contribution in [3.63, 3.8) is 0 Å². The fourth-order valence-electron chi connectivity index (χ4n) is 5.51. The zero-order valence-corrected chi connectivity index (χ0v) is 32.3. The number of halogens is 2. The third-order valence-electron chi connectivity index (χ3n) is 8.09. The van der Waals surface area contributed by atoms with E-state index in [1.54, 1.807) is 0 Å². The minimum absolute atomic E-state index is 0. The highest BCUT2D eigenvalue weighted by Crippen LogP contribution is 2.13. The summed E-state index contributed by atoms with van der Waals surface area (Å²) in [7, 11) is 11.6. The van der Waals surface area contributed by atoms with Crippen molar-refractivity contribution in [3.05, 3.63) is 0 Å². The van der Waals surface area contributed by atoms with E-state index < -0.39 is 0 Å². The lowest BCUT2D eigenvalue weighted by molar-refractivity contribution is -0.904. The third kappa shape index (κ3) is 36.9. The number of hydrogen-bond donors (Lipinski definition) is 0. The molecule has 4 nitrogen and oxygen atoms in total. The number of nitrogens with zero attached hydrogens (tertiary/aromatic N) is 2. The van der Waals surface area contributed by atoms with Gasteiger partial charge in [0.05, 0.1) is 54.9 Å². The van der Waals surface area contributed by atoms with Gasteiger partial charge < -0.3 is 52.4 Å². The second-order valence-electron chi connectivity index (χ2n) is 14.1. The number of unbranched alkanes of at least 4 members (excludes halogenated alkanes) is 18. The Hall–Kier alpha value is 0.800.